The summed E-state index contributed by atoms with van der Waals surface area (Å²) >= 11 is 0. The van der Waals surface area contributed by atoms with Crippen LogP contribution in [0.2, 0.25) is 0 Å². The van der Waals surface area contributed by atoms with Crippen molar-refractivity contribution in [3.8, 4) is 0 Å². The van der Waals surface area contributed by atoms with Gasteiger partial charge in [-0.3, -0.25) is 9.11 Å². The summed E-state index contributed by atoms with van der Waals surface area (Å²) in [5.41, 5.74) is 2.73. The van der Waals surface area contributed by atoms with Crippen molar-refractivity contribution in [1.82, 2.24) is 0 Å². The molecule has 0 aromatic rings. The van der Waals surface area contributed by atoms with Crippen molar-refractivity contribution in [2.75, 3.05) is 13.2 Å². The highest BCUT2D eigenvalue weighted by Crippen LogP contribution is 2.13. The van der Waals surface area contributed by atoms with E-state index in [1.807, 2.05) is 26.0 Å². The predicted molar refractivity (Wildman–Crippen MR) is 94.7 cm³/mol. The summed E-state index contributed by atoms with van der Waals surface area (Å²) in [4.78, 5) is 0. The normalized spacial score (nSPS) is 13.8. The second kappa shape index (κ2) is 11.6. The largest absolute Gasteiger partial charge is 0.397 e. The van der Waals surface area contributed by atoms with Crippen LogP contribution in [0.1, 0.15) is 46.5 Å². The van der Waals surface area contributed by atoms with E-state index >= 15 is 0 Å². The monoisotopic (exact) mass is 398 g/mol. The molecule has 2 N–H and O–H groups in total. The van der Waals surface area contributed by atoms with Gasteiger partial charge in [0.25, 0.3) is 0 Å². The Bertz CT molecular complexity index is 696. The fraction of sp³-hybridized carbons (Fsp3) is 0.600. The highest BCUT2D eigenvalue weighted by Gasteiger charge is 2.07. The Kier molecular flexibility index (Phi) is 11.1. The van der Waals surface area contributed by atoms with Gasteiger partial charge in [-0.2, -0.15) is 16.8 Å². The molecule has 0 radical (unpaired) electrons. The number of hydrogen-bond acceptors (Lipinski definition) is 6. The van der Waals surface area contributed by atoms with Crippen LogP contribution in [0.25, 0.3) is 0 Å². The smallest absolute Gasteiger partial charge is 0.264 e. The van der Waals surface area contributed by atoms with E-state index in [1.54, 1.807) is 6.92 Å². The van der Waals surface area contributed by atoms with Crippen LogP contribution in [0.5, 0.6) is 0 Å². The quantitative estimate of drug-likeness (QED) is 0.379. The lowest BCUT2D eigenvalue weighted by atomic mass is 10.1. The topological polar surface area (TPSA) is 127 Å². The van der Waals surface area contributed by atoms with Gasteiger partial charge in [-0.15, -0.1) is 0 Å². The van der Waals surface area contributed by atoms with E-state index in [2.05, 4.69) is 8.37 Å². The molecule has 0 atom stereocenters. The second-order valence-corrected chi connectivity index (χ2v) is 7.86. The molecule has 10 heteroatoms. The van der Waals surface area contributed by atoms with E-state index < -0.39 is 20.8 Å². The summed E-state index contributed by atoms with van der Waals surface area (Å²) in [6.45, 7) is 5.22. The van der Waals surface area contributed by atoms with Crippen LogP contribution in [0.3, 0.4) is 0 Å². The zero-order valence-corrected chi connectivity index (χ0v) is 16.3. The maximum Gasteiger partial charge on any atom is 0.397 e. The first-order chi connectivity index (χ1) is 11.4. The third kappa shape index (κ3) is 17.6. The van der Waals surface area contributed by atoms with Crippen LogP contribution in [0.15, 0.2) is 34.9 Å². The average molecular weight is 398 g/mol. The summed E-state index contributed by atoms with van der Waals surface area (Å²) < 4.78 is 68.0. The van der Waals surface area contributed by atoms with E-state index in [1.165, 1.54) is 6.08 Å². The first-order valence-corrected chi connectivity index (χ1v) is 10.3. The van der Waals surface area contributed by atoms with Crippen molar-refractivity contribution in [3.05, 3.63) is 34.9 Å². The van der Waals surface area contributed by atoms with Crippen LogP contribution in [-0.4, -0.2) is 39.2 Å². The number of rotatable bonds is 12. The zero-order valence-electron chi connectivity index (χ0n) is 14.6. The van der Waals surface area contributed by atoms with Gasteiger partial charge in [-0.05, 0) is 52.0 Å². The zero-order chi connectivity index (χ0) is 19.5. The summed E-state index contributed by atoms with van der Waals surface area (Å²) in [6, 6.07) is 0. The Morgan fingerprint density at radius 3 is 1.92 bits per heavy atom. The van der Waals surface area contributed by atoms with Gasteiger partial charge in [-0.1, -0.05) is 29.4 Å². The van der Waals surface area contributed by atoms with Gasteiger partial charge >= 0.3 is 20.8 Å². The molecule has 0 aliphatic rings. The minimum Gasteiger partial charge on any atom is -0.264 e. The van der Waals surface area contributed by atoms with E-state index in [-0.39, 0.29) is 13.2 Å². The Labute approximate surface area is 150 Å². The van der Waals surface area contributed by atoms with Crippen molar-refractivity contribution in [2.45, 2.75) is 46.5 Å². The predicted octanol–water partition coefficient (Wildman–Crippen LogP) is 3.02. The summed E-state index contributed by atoms with van der Waals surface area (Å²) in [5, 5.41) is 0. The van der Waals surface area contributed by atoms with E-state index in [0.717, 1.165) is 23.1 Å². The van der Waals surface area contributed by atoms with Gasteiger partial charge < -0.3 is 0 Å². The maximum absolute atomic E-state index is 10.7. The van der Waals surface area contributed by atoms with E-state index in [4.69, 9.17) is 9.11 Å². The van der Waals surface area contributed by atoms with Crippen molar-refractivity contribution < 1.29 is 34.3 Å². The molecule has 0 aromatic carbocycles. The van der Waals surface area contributed by atoms with Gasteiger partial charge in [0.05, 0.1) is 13.2 Å². The Balaban J connectivity index is 4.61. The second-order valence-electron chi connectivity index (χ2n) is 5.67. The molecule has 146 valence electrons. The minimum absolute atomic E-state index is 0.218. The molecular weight excluding hydrogens is 372 g/mol. The third-order valence-electron chi connectivity index (χ3n) is 3.03. The molecule has 0 aromatic heterocycles. The molecule has 0 aliphatic heterocycles. The first-order valence-electron chi connectivity index (χ1n) is 7.59. The van der Waals surface area contributed by atoms with Crippen LogP contribution in [-0.2, 0) is 29.2 Å². The lowest BCUT2D eigenvalue weighted by Gasteiger charge is -2.07. The van der Waals surface area contributed by atoms with E-state index in [0.29, 0.717) is 19.3 Å². The molecule has 0 saturated carbocycles. The molecule has 8 nitrogen and oxygen atoms in total. The lowest BCUT2D eigenvalue weighted by Crippen LogP contribution is -2.07. The highest BCUT2D eigenvalue weighted by molar-refractivity contribution is 7.81. The van der Waals surface area contributed by atoms with Gasteiger partial charge in [0.15, 0.2) is 0 Å². The molecule has 0 amide bonds. The molecular formula is C15H26O8S2. The molecule has 0 bridgehead atoms. The first kappa shape index (κ1) is 24.0. The summed E-state index contributed by atoms with van der Waals surface area (Å²) in [6.07, 6.45) is 7.85. The molecule has 0 rings (SSSR count). The summed E-state index contributed by atoms with van der Waals surface area (Å²) in [5.74, 6) is 0. The van der Waals surface area contributed by atoms with Gasteiger partial charge in [-0.25, -0.2) is 8.37 Å². The molecule has 25 heavy (non-hydrogen) atoms. The molecule has 0 spiro atoms. The minimum atomic E-state index is -4.49. The fourth-order valence-corrected chi connectivity index (χ4v) is 2.34. The van der Waals surface area contributed by atoms with Crippen molar-refractivity contribution in [1.29, 1.82) is 0 Å². The molecule has 0 saturated heterocycles. The Morgan fingerprint density at radius 1 is 0.840 bits per heavy atom. The standard InChI is InChI=1S/C15H26O8S2/c1-13(2)6-4-8-15(12-23-25(19,20)21)9-5-7-14(3)10-11-22-24(16,17)18/h6,9-10H,4-5,7-8,11-12H2,1-3H3,(H,16,17,18)(H,19,20,21)/b14-10+,15-9-. The molecule has 0 heterocycles. The van der Waals surface area contributed by atoms with Gasteiger partial charge in [0.2, 0.25) is 0 Å². The number of hydrogen-bond donors (Lipinski definition) is 2. The van der Waals surface area contributed by atoms with Crippen molar-refractivity contribution in [2.24, 2.45) is 0 Å². The van der Waals surface area contributed by atoms with Crippen molar-refractivity contribution >= 4 is 20.8 Å². The van der Waals surface area contributed by atoms with Gasteiger partial charge in [0.1, 0.15) is 0 Å². The van der Waals surface area contributed by atoms with Crippen LogP contribution in [0, 0.1) is 0 Å². The van der Waals surface area contributed by atoms with E-state index in [9.17, 15) is 16.8 Å². The Morgan fingerprint density at radius 2 is 1.40 bits per heavy atom. The third-order valence-corrected chi connectivity index (χ3v) is 3.88. The SMILES string of the molecule is CC(C)=CCC/C(=C/CC/C(C)=C/COS(=O)(=O)O)COS(=O)(=O)O. The van der Waals surface area contributed by atoms with Crippen molar-refractivity contribution in [3.63, 3.8) is 0 Å². The number of allylic oxidation sites excluding steroid dienone is 4. The molecule has 0 fully saturated rings. The Hall–Kier alpha value is -1.04. The summed E-state index contributed by atoms with van der Waals surface area (Å²) in [7, 11) is -8.94. The van der Waals surface area contributed by atoms with Crippen LogP contribution < -0.4 is 0 Å². The highest BCUT2D eigenvalue weighted by atomic mass is 32.3. The molecule has 0 unspecified atom stereocenters. The van der Waals surface area contributed by atoms with Crippen LogP contribution >= 0.6 is 0 Å². The fourth-order valence-electron chi connectivity index (χ4n) is 1.80. The lowest BCUT2D eigenvalue weighted by molar-refractivity contribution is 0.287. The maximum atomic E-state index is 10.7. The van der Waals surface area contributed by atoms with Crippen LogP contribution in [0.4, 0.5) is 0 Å². The van der Waals surface area contributed by atoms with Gasteiger partial charge in [0, 0.05) is 0 Å². The average Bonchev–Trinajstić information content (AvgIpc) is 2.41. The molecule has 0 aliphatic carbocycles.